The number of amides is 2. The minimum absolute atomic E-state index is 0.151. The lowest BCUT2D eigenvalue weighted by Gasteiger charge is -2.27. The molecule has 0 fully saturated rings. The minimum Gasteiger partial charge on any atom is -0.481 e. The Bertz CT molecular complexity index is 340. The van der Waals surface area contributed by atoms with Gasteiger partial charge in [-0.1, -0.05) is 6.08 Å². The van der Waals surface area contributed by atoms with Gasteiger partial charge in [0, 0.05) is 12.6 Å². The Balaban J connectivity index is 4.70. The minimum atomic E-state index is -1.44. The maximum Gasteiger partial charge on any atom is 0.326 e. The number of rotatable bonds is 7. The van der Waals surface area contributed by atoms with E-state index in [9.17, 15) is 14.4 Å². The second-order valence-electron chi connectivity index (χ2n) is 3.97. The van der Waals surface area contributed by atoms with E-state index in [2.05, 4.69) is 11.9 Å². The molecule has 102 valence electrons. The molecule has 0 radical (unpaired) electrons. The Kier molecular flexibility index (Phi) is 6.48. The maximum absolute atomic E-state index is 11.8. The number of nitrogens with zero attached hydrogens (tertiary/aromatic N) is 1. The van der Waals surface area contributed by atoms with Gasteiger partial charge in [-0.25, -0.2) is 9.59 Å². The van der Waals surface area contributed by atoms with E-state index in [1.54, 1.807) is 13.8 Å². The standard InChI is InChI=1S/C11H18N2O5/c1-4-5-13(7(2)3)11(18)12-8(10(16)17)6-9(14)15/h4,7-8H,1,5-6H2,2-3H3,(H,12,18)(H,14,15)(H,16,17)/t8-/m0/s1. The zero-order valence-electron chi connectivity index (χ0n) is 10.4. The van der Waals surface area contributed by atoms with E-state index in [-0.39, 0.29) is 12.6 Å². The van der Waals surface area contributed by atoms with Crippen LogP contribution in [0.3, 0.4) is 0 Å². The van der Waals surface area contributed by atoms with Gasteiger partial charge in [-0.2, -0.15) is 0 Å². The maximum atomic E-state index is 11.8. The molecule has 0 saturated heterocycles. The smallest absolute Gasteiger partial charge is 0.326 e. The summed E-state index contributed by atoms with van der Waals surface area (Å²) < 4.78 is 0. The number of hydrogen-bond donors (Lipinski definition) is 3. The first-order valence-corrected chi connectivity index (χ1v) is 5.42. The molecule has 0 aliphatic heterocycles. The van der Waals surface area contributed by atoms with Crippen LogP contribution in [0, 0.1) is 0 Å². The molecule has 0 heterocycles. The van der Waals surface area contributed by atoms with Crippen molar-refractivity contribution in [3.63, 3.8) is 0 Å². The average Bonchev–Trinajstić information content (AvgIpc) is 2.23. The molecule has 0 aliphatic carbocycles. The SMILES string of the molecule is C=CCN(C(=O)N[C@@H](CC(=O)O)C(=O)O)C(C)C. The first kappa shape index (κ1) is 16.0. The van der Waals surface area contributed by atoms with Gasteiger partial charge in [-0.15, -0.1) is 6.58 Å². The highest BCUT2D eigenvalue weighted by atomic mass is 16.4. The monoisotopic (exact) mass is 258 g/mol. The highest BCUT2D eigenvalue weighted by Crippen LogP contribution is 2.01. The summed E-state index contributed by atoms with van der Waals surface area (Å²) in [6.45, 7) is 7.27. The number of carboxylic acid groups (broad SMARTS) is 2. The molecule has 0 aromatic carbocycles. The van der Waals surface area contributed by atoms with Crippen LogP contribution in [-0.4, -0.2) is 51.7 Å². The van der Waals surface area contributed by atoms with Crippen molar-refractivity contribution < 1.29 is 24.6 Å². The van der Waals surface area contributed by atoms with E-state index in [0.717, 1.165) is 0 Å². The Morgan fingerprint density at radius 3 is 2.22 bits per heavy atom. The highest BCUT2D eigenvalue weighted by Gasteiger charge is 2.26. The van der Waals surface area contributed by atoms with Crippen molar-refractivity contribution >= 4 is 18.0 Å². The summed E-state index contributed by atoms with van der Waals surface area (Å²) in [5.74, 6) is -2.67. The molecule has 2 amide bonds. The van der Waals surface area contributed by atoms with Crippen LogP contribution in [0.5, 0.6) is 0 Å². The number of carbonyl (C=O) groups excluding carboxylic acids is 1. The first-order chi connectivity index (χ1) is 8.29. The molecule has 0 rings (SSSR count). The van der Waals surface area contributed by atoms with Crippen LogP contribution in [0.15, 0.2) is 12.7 Å². The molecule has 0 unspecified atom stereocenters. The fourth-order valence-corrected chi connectivity index (χ4v) is 1.27. The Hall–Kier alpha value is -2.05. The third-order valence-corrected chi connectivity index (χ3v) is 2.18. The van der Waals surface area contributed by atoms with Crippen LogP contribution < -0.4 is 5.32 Å². The Morgan fingerprint density at radius 1 is 1.33 bits per heavy atom. The van der Waals surface area contributed by atoms with Gasteiger partial charge in [0.25, 0.3) is 0 Å². The fraction of sp³-hybridized carbons (Fsp3) is 0.545. The molecule has 0 bridgehead atoms. The predicted octanol–water partition coefficient (Wildman–Crippen LogP) is 0.520. The summed E-state index contributed by atoms with van der Waals surface area (Å²) in [7, 11) is 0. The van der Waals surface area contributed by atoms with Gasteiger partial charge >= 0.3 is 18.0 Å². The topological polar surface area (TPSA) is 107 Å². The van der Waals surface area contributed by atoms with E-state index in [0.29, 0.717) is 0 Å². The lowest BCUT2D eigenvalue weighted by molar-refractivity contribution is -0.145. The summed E-state index contributed by atoms with van der Waals surface area (Å²) in [6, 6.07) is -2.22. The summed E-state index contributed by atoms with van der Waals surface area (Å²) in [6.07, 6.45) is 0.841. The lowest BCUT2D eigenvalue weighted by Crippen LogP contribution is -2.50. The normalized spacial score (nSPS) is 11.7. The molecular weight excluding hydrogens is 240 g/mol. The lowest BCUT2D eigenvalue weighted by atomic mass is 10.2. The third-order valence-electron chi connectivity index (χ3n) is 2.18. The third kappa shape index (κ3) is 5.33. The van der Waals surface area contributed by atoms with Crippen LogP contribution in [0.1, 0.15) is 20.3 Å². The predicted molar refractivity (Wildman–Crippen MR) is 64.2 cm³/mol. The molecule has 7 nitrogen and oxygen atoms in total. The molecule has 0 spiro atoms. The number of carbonyl (C=O) groups is 3. The van der Waals surface area contributed by atoms with Crippen molar-refractivity contribution in [1.29, 1.82) is 0 Å². The molecule has 1 atom stereocenters. The van der Waals surface area contributed by atoms with E-state index in [4.69, 9.17) is 10.2 Å². The molecule has 0 saturated carbocycles. The Labute approximate surface area is 105 Å². The number of hydrogen-bond acceptors (Lipinski definition) is 3. The Morgan fingerprint density at radius 2 is 1.89 bits per heavy atom. The number of carboxylic acids is 2. The molecule has 3 N–H and O–H groups in total. The van der Waals surface area contributed by atoms with E-state index in [1.165, 1.54) is 11.0 Å². The van der Waals surface area contributed by atoms with Crippen molar-refractivity contribution in [3.8, 4) is 0 Å². The van der Waals surface area contributed by atoms with E-state index in [1.807, 2.05) is 0 Å². The molecular formula is C11H18N2O5. The van der Waals surface area contributed by atoms with Crippen LogP contribution in [-0.2, 0) is 9.59 Å². The van der Waals surface area contributed by atoms with Crippen molar-refractivity contribution in [1.82, 2.24) is 10.2 Å². The fourth-order valence-electron chi connectivity index (χ4n) is 1.27. The zero-order valence-corrected chi connectivity index (χ0v) is 10.4. The summed E-state index contributed by atoms with van der Waals surface area (Å²) in [4.78, 5) is 34.4. The molecule has 0 aliphatic rings. The largest absolute Gasteiger partial charge is 0.481 e. The number of aliphatic carboxylic acids is 2. The van der Waals surface area contributed by atoms with Crippen LogP contribution >= 0.6 is 0 Å². The van der Waals surface area contributed by atoms with Gasteiger partial charge < -0.3 is 20.4 Å². The summed E-state index contributed by atoms with van der Waals surface area (Å²) in [5, 5.41) is 19.5. The zero-order chi connectivity index (χ0) is 14.3. The molecule has 18 heavy (non-hydrogen) atoms. The number of nitrogens with one attached hydrogen (secondary N) is 1. The summed E-state index contributed by atoms with van der Waals surface area (Å²) in [5.41, 5.74) is 0. The molecule has 0 aromatic rings. The average molecular weight is 258 g/mol. The van der Waals surface area contributed by atoms with Crippen LogP contribution in [0.25, 0.3) is 0 Å². The highest BCUT2D eigenvalue weighted by molar-refractivity contribution is 5.86. The van der Waals surface area contributed by atoms with Crippen molar-refractivity contribution in [2.24, 2.45) is 0 Å². The van der Waals surface area contributed by atoms with Crippen LogP contribution in [0.4, 0.5) is 4.79 Å². The van der Waals surface area contributed by atoms with Gasteiger partial charge in [0.1, 0.15) is 6.04 Å². The van der Waals surface area contributed by atoms with Crippen molar-refractivity contribution in [2.45, 2.75) is 32.4 Å². The quantitative estimate of drug-likeness (QED) is 0.577. The van der Waals surface area contributed by atoms with Gasteiger partial charge in [-0.3, -0.25) is 4.79 Å². The van der Waals surface area contributed by atoms with Crippen molar-refractivity contribution in [3.05, 3.63) is 12.7 Å². The van der Waals surface area contributed by atoms with Crippen LogP contribution in [0.2, 0.25) is 0 Å². The van der Waals surface area contributed by atoms with Gasteiger partial charge in [0.2, 0.25) is 0 Å². The summed E-state index contributed by atoms with van der Waals surface area (Å²) >= 11 is 0. The molecule has 0 aromatic heterocycles. The second kappa shape index (κ2) is 7.31. The van der Waals surface area contributed by atoms with Gasteiger partial charge in [0.05, 0.1) is 6.42 Å². The second-order valence-corrected chi connectivity index (χ2v) is 3.97. The van der Waals surface area contributed by atoms with E-state index >= 15 is 0 Å². The van der Waals surface area contributed by atoms with Gasteiger partial charge in [-0.05, 0) is 13.8 Å². The number of urea groups is 1. The van der Waals surface area contributed by atoms with E-state index < -0.39 is 30.4 Å². The van der Waals surface area contributed by atoms with Crippen molar-refractivity contribution in [2.75, 3.05) is 6.54 Å². The first-order valence-electron chi connectivity index (χ1n) is 5.42. The van der Waals surface area contributed by atoms with Gasteiger partial charge in [0.15, 0.2) is 0 Å². The molecule has 7 heteroatoms.